The first-order chi connectivity index (χ1) is 3.15. The number of hydrogen-bond donors (Lipinski definition) is 0. The van der Waals surface area contributed by atoms with E-state index in [4.69, 9.17) is 0 Å². The Labute approximate surface area is 56.8 Å². The van der Waals surface area contributed by atoms with Gasteiger partial charge in [0.2, 0.25) is 0 Å². The fourth-order valence-corrected chi connectivity index (χ4v) is 0. The summed E-state index contributed by atoms with van der Waals surface area (Å²) in [6.45, 7) is 10.8. The van der Waals surface area contributed by atoms with Crippen LogP contribution in [0.4, 0.5) is 0 Å². The van der Waals surface area contributed by atoms with Crippen LogP contribution in [0.1, 0.15) is 49.9 Å². The first-order valence-corrected chi connectivity index (χ1v) is 3.15. The lowest BCUT2D eigenvalue weighted by Crippen LogP contribution is -1.66. The predicted octanol–water partition coefficient (Wildman–Crippen LogP) is 3.96. The summed E-state index contributed by atoms with van der Waals surface area (Å²) in [6.07, 6.45) is 1.25. The van der Waals surface area contributed by atoms with Crippen molar-refractivity contribution >= 4 is 0 Å². The molecule has 0 aliphatic heterocycles. The highest BCUT2D eigenvalue weighted by molar-refractivity contribution is 4.20. The molecule has 0 heteroatoms. The minimum Gasteiger partial charge on any atom is -0.0776 e. The largest absolute Gasteiger partial charge is 0.0776 e. The first-order valence-electron chi connectivity index (χ1n) is 3.15. The summed E-state index contributed by atoms with van der Waals surface area (Å²) in [4.78, 5) is 0. The molecule has 8 heavy (non-hydrogen) atoms. The van der Waals surface area contributed by atoms with Gasteiger partial charge >= 0.3 is 0 Å². The topological polar surface area (TPSA) is 0 Å². The van der Waals surface area contributed by atoms with Gasteiger partial charge in [-0.15, -0.1) is 0 Å². The lowest BCUT2D eigenvalue weighted by molar-refractivity contribution is 0.737. The van der Waals surface area contributed by atoms with E-state index in [2.05, 4.69) is 34.6 Å². The molecule has 0 aliphatic carbocycles. The van der Waals surface area contributed by atoms with E-state index in [9.17, 15) is 0 Å². The Morgan fingerprint density at radius 3 is 1.12 bits per heavy atom. The lowest BCUT2D eigenvalue weighted by atomic mass is 10.3. The highest BCUT2D eigenvalue weighted by Crippen LogP contribution is 1.81. The van der Waals surface area contributed by atoms with Gasteiger partial charge < -0.3 is 0 Å². The molecular weight excluding hydrogens is 96.1 g/mol. The van der Waals surface area contributed by atoms with Crippen molar-refractivity contribution in [2.75, 3.05) is 0 Å². The molecule has 0 atom stereocenters. The molecule has 0 spiro atoms. The molecule has 0 heterocycles. The van der Waals surface area contributed by atoms with Gasteiger partial charge in [-0.05, 0) is 5.92 Å². The standard InChI is InChI=1S/C4H10.C3H8.CH4.H2/c1-4(2)3;1-3-2;;/h4H,1-3H3;3H2,1-2H3;1H4;1H/i;;;1+1. The van der Waals surface area contributed by atoms with Crippen LogP contribution in [-0.2, 0) is 0 Å². The lowest BCUT2D eigenvalue weighted by Gasteiger charge is -1.79. The summed E-state index contributed by atoms with van der Waals surface area (Å²) in [7, 11) is 0. The van der Waals surface area contributed by atoms with E-state index in [-0.39, 0.29) is 8.85 Å². The van der Waals surface area contributed by atoms with Crippen LogP contribution in [0, 0.1) is 5.92 Å². The Bertz CT molecular complexity index is 15.8. The van der Waals surface area contributed by atoms with Crippen LogP contribution in [0.2, 0.25) is 0 Å². The first kappa shape index (κ1) is 15.7. The third kappa shape index (κ3) is 0. The van der Waals surface area contributed by atoms with E-state index in [1.54, 1.807) is 0 Å². The molecule has 0 saturated carbocycles. The van der Waals surface area contributed by atoms with E-state index < -0.39 is 0 Å². The maximum atomic E-state index is 2.17. The Morgan fingerprint density at radius 2 is 1.12 bits per heavy atom. The van der Waals surface area contributed by atoms with Gasteiger partial charge in [-0.1, -0.05) is 48.5 Å². The van der Waals surface area contributed by atoms with Gasteiger partial charge in [-0.25, -0.2) is 0 Å². The second kappa shape index (κ2) is 15.8. The Morgan fingerprint density at radius 1 is 1.12 bits per heavy atom. The molecule has 0 aromatic rings. The average Bonchev–Trinajstić information content (AvgIpc) is 1.33. The van der Waals surface area contributed by atoms with Gasteiger partial charge in [0.15, 0.2) is 0 Å². The molecule has 0 unspecified atom stereocenters. The molecule has 0 aliphatic rings. The Kier molecular flexibility index (Phi) is 30.9. The fourth-order valence-electron chi connectivity index (χ4n) is 0. The Hall–Kier alpha value is 0. The van der Waals surface area contributed by atoms with Gasteiger partial charge in [0.1, 0.15) is 0 Å². The summed E-state index contributed by atoms with van der Waals surface area (Å²) in [5.41, 5.74) is 0. The number of rotatable bonds is 0. The van der Waals surface area contributed by atoms with Crippen molar-refractivity contribution in [3.05, 3.63) is 0 Å². The molecule has 0 aromatic heterocycles. The average molecular weight is 121 g/mol. The summed E-state index contributed by atoms with van der Waals surface area (Å²) >= 11 is 0. The maximum absolute atomic E-state index is 2.17. The van der Waals surface area contributed by atoms with Crippen LogP contribution in [0.15, 0.2) is 0 Å². The zero-order valence-corrected chi connectivity index (χ0v) is 6.28. The van der Waals surface area contributed by atoms with Crippen LogP contribution in [0.25, 0.3) is 0 Å². The van der Waals surface area contributed by atoms with E-state index in [0.29, 0.717) is 0 Å². The zero-order valence-electron chi connectivity index (χ0n) is 6.28. The van der Waals surface area contributed by atoms with Crippen molar-refractivity contribution in [1.29, 1.82) is 0 Å². The third-order valence-electron chi connectivity index (χ3n) is 0. The fraction of sp³-hybridized carbons (Fsp3) is 1.00. The second-order valence-electron chi connectivity index (χ2n) is 2.44. The Balaban J connectivity index is -0.0000000233. The number of hydrogen-bond acceptors (Lipinski definition) is 0. The van der Waals surface area contributed by atoms with Crippen LogP contribution in [0.5, 0.6) is 0 Å². The minimum absolute atomic E-state index is 0. The third-order valence-corrected chi connectivity index (χ3v) is 0. The molecule has 0 rings (SSSR count). The van der Waals surface area contributed by atoms with E-state index in [1.807, 2.05) is 0 Å². The van der Waals surface area contributed by atoms with Crippen LogP contribution >= 0.6 is 0 Å². The van der Waals surface area contributed by atoms with Crippen LogP contribution in [-0.4, -0.2) is 0 Å². The molecule has 0 nitrogen and oxygen atoms in total. The molecule has 0 radical (unpaired) electrons. The monoisotopic (exact) mass is 121 g/mol. The van der Waals surface area contributed by atoms with Gasteiger partial charge in [0.05, 0.1) is 0 Å². The maximum Gasteiger partial charge on any atom is 0 e. The van der Waals surface area contributed by atoms with Crippen LogP contribution < -0.4 is 0 Å². The van der Waals surface area contributed by atoms with E-state index in [1.165, 1.54) is 6.42 Å². The molecule has 0 N–H and O–H groups in total. The van der Waals surface area contributed by atoms with Gasteiger partial charge in [0, 0.05) is 1.43 Å². The van der Waals surface area contributed by atoms with Crippen molar-refractivity contribution in [2.45, 2.75) is 48.5 Å². The molecule has 0 aromatic carbocycles. The summed E-state index contributed by atoms with van der Waals surface area (Å²) in [5.74, 6) is 0.833. The quantitative estimate of drug-likeness (QED) is 0.455. The van der Waals surface area contributed by atoms with Crippen molar-refractivity contribution in [1.82, 2.24) is 0 Å². The summed E-state index contributed by atoms with van der Waals surface area (Å²) in [5, 5.41) is 0. The van der Waals surface area contributed by atoms with Crippen molar-refractivity contribution in [3.8, 4) is 0 Å². The molecule has 56 valence electrons. The van der Waals surface area contributed by atoms with Gasteiger partial charge in [-0.2, -0.15) is 0 Å². The molecule has 0 bridgehead atoms. The summed E-state index contributed by atoms with van der Waals surface area (Å²) < 4.78 is 0. The van der Waals surface area contributed by atoms with E-state index in [0.717, 1.165) is 5.92 Å². The highest BCUT2D eigenvalue weighted by Gasteiger charge is 1.68. The van der Waals surface area contributed by atoms with Crippen molar-refractivity contribution in [2.24, 2.45) is 5.92 Å². The van der Waals surface area contributed by atoms with Crippen LogP contribution in [0.3, 0.4) is 0 Å². The smallest absolute Gasteiger partial charge is 0 e. The molecule has 0 amide bonds. The normalized spacial score (nSPS) is 6.75. The van der Waals surface area contributed by atoms with Gasteiger partial charge in [-0.3, -0.25) is 0 Å². The van der Waals surface area contributed by atoms with Crippen molar-refractivity contribution in [3.63, 3.8) is 0 Å². The SMILES string of the molecule is C.CC(C)C.CCC.[2HH]. The predicted molar refractivity (Wildman–Crippen MR) is 45.3 cm³/mol. The molecular formula is C8H24. The second-order valence-corrected chi connectivity index (χ2v) is 2.44. The van der Waals surface area contributed by atoms with Crippen molar-refractivity contribution < 1.29 is 1.43 Å². The molecule has 0 fully saturated rings. The van der Waals surface area contributed by atoms with E-state index >= 15 is 0 Å². The zero-order chi connectivity index (χ0) is 6.28. The summed E-state index contributed by atoms with van der Waals surface area (Å²) in [6, 6.07) is 0. The minimum atomic E-state index is 0. The van der Waals surface area contributed by atoms with Gasteiger partial charge in [0.25, 0.3) is 0 Å². The highest BCUT2D eigenvalue weighted by atomic mass is 13.7. The molecule has 0 saturated heterocycles.